The molecule has 1 heteroatoms. The predicted octanol–water partition coefficient (Wildman–Crippen LogP) is 4.06. The van der Waals surface area contributed by atoms with E-state index in [0.29, 0.717) is 5.92 Å². The van der Waals surface area contributed by atoms with Gasteiger partial charge in [-0.1, -0.05) is 57.1 Å². The molecule has 0 aromatic rings. The Balaban J connectivity index is 1.70. The lowest BCUT2D eigenvalue weighted by atomic mass is 9.84. The highest BCUT2D eigenvalue weighted by atomic mass is 16.3. The molecule has 2 atom stereocenters. The highest BCUT2D eigenvalue weighted by Gasteiger charge is 2.20. The standard InChI is InChI=1S/C15H26O/c16-15-12-5-4-10-14(15)11-6-9-13-7-2-1-3-8-13/h6,11,13-16H,1-5,7-10,12H2/b11-6+. The summed E-state index contributed by atoms with van der Waals surface area (Å²) >= 11 is 0. The second-order valence-corrected chi connectivity index (χ2v) is 5.68. The van der Waals surface area contributed by atoms with Crippen LogP contribution in [0.1, 0.15) is 64.2 Å². The Bertz CT molecular complexity index is 215. The number of hydrogen-bond acceptors (Lipinski definition) is 1. The molecule has 0 radical (unpaired) electrons. The van der Waals surface area contributed by atoms with Gasteiger partial charge in [0.1, 0.15) is 0 Å². The largest absolute Gasteiger partial charge is 0.393 e. The third-order valence-electron chi connectivity index (χ3n) is 4.36. The van der Waals surface area contributed by atoms with E-state index in [1.54, 1.807) is 0 Å². The number of aliphatic hydroxyl groups excluding tert-OH is 1. The van der Waals surface area contributed by atoms with Gasteiger partial charge in [0.15, 0.2) is 0 Å². The van der Waals surface area contributed by atoms with Crippen molar-refractivity contribution in [3.8, 4) is 0 Å². The molecule has 1 N–H and O–H groups in total. The summed E-state index contributed by atoms with van der Waals surface area (Å²) in [7, 11) is 0. The Morgan fingerprint density at radius 1 is 0.875 bits per heavy atom. The van der Waals surface area contributed by atoms with Gasteiger partial charge < -0.3 is 5.11 Å². The van der Waals surface area contributed by atoms with Crippen LogP contribution in [0.15, 0.2) is 12.2 Å². The van der Waals surface area contributed by atoms with Gasteiger partial charge in [0, 0.05) is 5.92 Å². The average Bonchev–Trinajstić information content (AvgIpc) is 2.33. The molecule has 1 nitrogen and oxygen atoms in total. The third kappa shape index (κ3) is 3.62. The smallest absolute Gasteiger partial charge is 0.0602 e. The van der Waals surface area contributed by atoms with Crippen molar-refractivity contribution in [1.82, 2.24) is 0 Å². The van der Waals surface area contributed by atoms with Crippen LogP contribution in [0.5, 0.6) is 0 Å². The minimum Gasteiger partial charge on any atom is -0.393 e. The highest BCUT2D eigenvalue weighted by Crippen LogP contribution is 2.28. The van der Waals surface area contributed by atoms with E-state index in [-0.39, 0.29) is 6.10 Å². The zero-order valence-corrected chi connectivity index (χ0v) is 10.4. The molecule has 2 rings (SSSR count). The van der Waals surface area contributed by atoms with E-state index in [1.165, 1.54) is 57.8 Å². The number of hydrogen-bond donors (Lipinski definition) is 1. The maximum Gasteiger partial charge on any atom is 0.0602 e. The first-order valence-electron chi connectivity index (χ1n) is 7.21. The molecule has 2 fully saturated rings. The van der Waals surface area contributed by atoms with Crippen molar-refractivity contribution >= 4 is 0 Å². The van der Waals surface area contributed by atoms with Crippen LogP contribution in [0.3, 0.4) is 0 Å². The van der Waals surface area contributed by atoms with Crippen LogP contribution in [-0.4, -0.2) is 11.2 Å². The summed E-state index contributed by atoms with van der Waals surface area (Å²) in [6, 6.07) is 0. The summed E-state index contributed by atoms with van der Waals surface area (Å²) in [4.78, 5) is 0. The van der Waals surface area contributed by atoms with E-state index in [0.717, 1.165) is 12.3 Å². The summed E-state index contributed by atoms with van der Waals surface area (Å²) in [5.41, 5.74) is 0. The van der Waals surface area contributed by atoms with E-state index in [9.17, 15) is 5.11 Å². The molecule has 0 spiro atoms. The van der Waals surface area contributed by atoms with Crippen molar-refractivity contribution in [3.63, 3.8) is 0 Å². The van der Waals surface area contributed by atoms with Gasteiger partial charge in [0.25, 0.3) is 0 Å². The second-order valence-electron chi connectivity index (χ2n) is 5.68. The number of rotatable bonds is 3. The fourth-order valence-corrected chi connectivity index (χ4v) is 3.23. The first kappa shape index (κ1) is 12.2. The van der Waals surface area contributed by atoms with Crippen molar-refractivity contribution in [2.45, 2.75) is 70.3 Å². The first-order valence-corrected chi connectivity index (χ1v) is 7.21. The Hall–Kier alpha value is -0.300. The molecule has 0 amide bonds. The lowest BCUT2D eigenvalue weighted by Gasteiger charge is -2.25. The van der Waals surface area contributed by atoms with Gasteiger partial charge in [-0.05, 0) is 25.2 Å². The molecular weight excluding hydrogens is 196 g/mol. The maximum atomic E-state index is 9.85. The van der Waals surface area contributed by atoms with E-state index in [2.05, 4.69) is 12.2 Å². The van der Waals surface area contributed by atoms with Gasteiger partial charge >= 0.3 is 0 Å². The molecule has 92 valence electrons. The molecule has 2 saturated carbocycles. The minimum absolute atomic E-state index is 0.0589. The van der Waals surface area contributed by atoms with Gasteiger partial charge in [-0.2, -0.15) is 0 Å². The van der Waals surface area contributed by atoms with E-state index in [1.807, 2.05) is 0 Å². The molecule has 2 aliphatic rings. The lowest BCUT2D eigenvalue weighted by Crippen LogP contribution is -2.22. The minimum atomic E-state index is -0.0589. The SMILES string of the molecule is OC1CCCCC1/C=C/CC1CCCCC1. The maximum absolute atomic E-state index is 9.85. The lowest BCUT2D eigenvalue weighted by molar-refractivity contribution is 0.0925. The topological polar surface area (TPSA) is 20.2 Å². The fraction of sp³-hybridized carbons (Fsp3) is 0.867. The van der Waals surface area contributed by atoms with Crippen LogP contribution in [0, 0.1) is 11.8 Å². The fourth-order valence-electron chi connectivity index (χ4n) is 3.23. The molecule has 2 unspecified atom stereocenters. The molecule has 2 aliphatic carbocycles. The van der Waals surface area contributed by atoms with Crippen LogP contribution in [-0.2, 0) is 0 Å². The van der Waals surface area contributed by atoms with Gasteiger partial charge in [0.05, 0.1) is 6.10 Å². The van der Waals surface area contributed by atoms with Gasteiger partial charge in [-0.25, -0.2) is 0 Å². The van der Waals surface area contributed by atoms with Crippen molar-refractivity contribution in [2.75, 3.05) is 0 Å². The third-order valence-corrected chi connectivity index (χ3v) is 4.36. The predicted molar refractivity (Wildman–Crippen MR) is 68.3 cm³/mol. The molecule has 16 heavy (non-hydrogen) atoms. The zero-order chi connectivity index (χ0) is 11.2. The number of aliphatic hydroxyl groups is 1. The van der Waals surface area contributed by atoms with Crippen molar-refractivity contribution < 1.29 is 5.11 Å². The summed E-state index contributed by atoms with van der Waals surface area (Å²) in [5, 5.41) is 9.85. The van der Waals surface area contributed by atoms with Gasteiger partial charge in [-0.3, -0.25) is 0 Å². The average molecular weight is 222 g/mol. The second kappa shape index (κ2) is 6.44. The Labute approximate surface area is 99.9 Å². The molecule has 0 aliphatic heterocycles. The van der Waals surface area contributed by atoms with Crippen LogP contribution < -0.4 is 0 Å². The van der Waals surface area contributed by atoms with Crippen molar-refractivity contribution in [3.05, 3.63) is 12.2 Å². The normalized spacial score (nSPS) is 33.3. The van der Waals surface area contributed by atoms with Crippen LogP contribution in [0.2, 0.25) is 0 Å². The molecule has 0 saturated heterocycles. The Morgan fingerprint density at radius 2 is 1.56 bits per heavy atom. The molecule has 0 heterocycles. The molecular formula is C15H26O. The van der Waals surface area contributed by atoms with E-state index in [4.69, 9.17) is 0 Å². The van der Waals surface area contributed by atoms with Gasteiger partial charge in [-0.15, -0.1) is 0 Å². The summed E-state index contributed by atoms with van der Waals surface area (Å²) in [6.45, 7) is 0. The first-order chi connectivity index (χ1) is 7.86. The molecule has 0 aromatic carbocycles. The van der Waals surface area contributed by atoms with Crippen LogP contribution >= 0.6 is 0 Å². The van der Waals surface area contributed by atoms with Crippen LogP contribution in [0.4, 0.5) is 0 Å². The highest BCUT2D eigenvalue weighted by molar-refractivity contribution is 4.94. The molecule has 0 aromatic heterocycles. The molecule has 0 bridgehead atoms. The van der Waals surface area contributed by atoms with Crippen molar-refractivity contribution in [2.24, 2.45) is 11.8 Å². The van der Waals surface area contributed by atoms with Crippen molar-refractivity contribution in [1.29, 1.82) is 0 Å². The quantitative estimate of drug-likeness (QED) is 0.714. The van der Waals surface area contributed by atoms with Gasteiger partial charge in [0.2, 0.25) is 0 Å². The Kier molecular flexibility index (Phi) is 4.90. The zero-order valence-electron chi connectivity index (χ0n) is 10.4. The number of allylic oxidation sites excluding steroid dienone is 1. The van der Waals surface area contributed by atoms with E-state index < -0.39 is 0 Å². The summed E-state index contributed by atoms with van der Waals surface area (Å²) in [5.74, 6) is 1.39. The van der Waals surface area contributed by atoms with Crippen LogP contribution in [0.25, 0.3) is 0 Å². The summed E-state index contributed by atoms with van der Waals surface area (Å²) < 4.78 is 0. The summed E-state index contributed by atoms with van der Waals surface area (Å²) in [6.07, 6.45) is 17.8. The van der Waals surface area contributed by atoms with E-state index >= 15 is 0 Å². The Morgan fingerprint density at radius 3 is 2.31 bits per heavy atom. The monoisotopic (exact) mass is 222 g/mol.